The Morgan fingerprint density at radius 3 is 1.40 bits per heavy atom. The van der Waals surface area contributed by atoms with Crippen LogP contribution in [-0.4, -0.2) is 130 Å². The number of alkyl halides is 2. The van der Waals surface area contributed by atoms with Gasteiger partial charge in [0, 0.05) is 41.8 Å². The summed E-state index contributed by atoms with van der Waals surface area (Å²) in [5.41, 5.74) is 13.4. The molecule has 0 spiro atoms. The Morgan fingerprint density at radius 2 is 1.00 bits per heavy atom. The molecule has 14 rings (SSSR count). The van der Waals surface area contributed by atoms with Crippen LogP contribution in [0.4, 0.5) is 0 Å². The summed E-state index contributed by atoms with van der Waals surface area (Å²) in [6.45, 7) is 1.35. The molecule has 0 amide bonds. The average molecular weight is 1670 g/mol. The number of hydrogen-bond acceptors (Lipinski definition) is 12. The fourth-order valence-electron chi connectivity index (χ4n) is 15.3. The zero-order valence-corrected chi connectivity index (χ0v) is 65.0. The van der Waals surface area contributed by atoms with Crippen molar-refractivity contribution < 1.29 is 81.1 Å². The zero-order chi connectivity index (χ0) is 66.8. The number of benzene rings is 2. The molecule has 6 aliphatic carbocycles. The van der Waals surface area contributed by atoms with Gasteiger partial charge in [-0.2, -0.15) is 12.8 Å². The quantitative estimate of drug-likeness (QED) is 0.0227. The molecule has 4 N–H and O–H groups in total. The number of H-pyrrole nitrogens is 2. The fraction of sp³-hybridized carbons (Fsp3) is 0.577. The van der Waals surface area contributed by atoms with Crippen LogP contribution in [0.15, 0.2) is 60.9 Å². The van der Waals surface area contributed by atoms with Crippen LogP contribution >= 0.6 is 80.7 Å². The number of nitrogens with zero attached hydrogens (tertiary/aromatic N) is 2. The number of esters is 2. The van der Waals surface area contributed by atoms with E-state index in [1.807, 2.05) is 36.4 Å². The van der Waals surface area contributed by atoms with Crippen LogP contribution in [-0.2, 0) is 55.3 Å². The number of hydrogen-bond donors (Lipinski definition) is 4. The summed E-state index contributed by atoms with van der Waals surface area (Å²) in [5.74, 6) is 1.59. The number of ether oxygens (including phenoxy) is 6. The number of nitrogens with one attached hydrogen (secondary N) is 2. The van der Waals surface area contributed by atoms with E-state index in [2.05, 4.69) is 55.4 Å². The van der Waals surface area contributed by atoms with E-state index in [-0.39, 0.29) is 55.7 Å². The Hall–Kier alpha value is -2.12. The van der Waals surface area contributed by atoms with E-state index in [1.165, 1.54) is 90.5 Å². The van der Waals surface area contributed by atoms with Crippen molar-refractivity contribution in [2.75, 3.05) is 47.0 Å². The van der Waals surface area contributed by atoms with Gasteiger partial charge < -0.3 is 61.3 Å². The minimum atomic E-state index is -1.53. The van der Waals surface area contributed by atoms with Crippen LogP contribution in [0.2, 0.25) is 0 Å². The molecule has 6 aromatic rings. The Labute approximate surface area is 617 Å². The van der Waals surface area contributed by atoms with Crippen molar-refractivity contribution in [3.8, 4) is 34.4 Å². The van der Waals surface area contributed by atoms with Gasteiger partial charge in [-0.3, -0.25) is 0 Å². The molecule has 8 aliphatic rings. The summed E-state index contributed by atoms with van der Waals surface area (Å²) >= 11 is 11.6. The maximum atomic E-state index is 12.3. The number of halogens is 5. The molecule has 526 valence electrons. The molecule has 2 aromatic carbocycles. The minimum absolute atomic E-state index is 0. The van der Waals surface area contributed by atoms with Crippen LogP contribution in [0.3, 0.4) is 0 Å². The molecule has 2 unspecified atom stereocenters. The Bertz CT molecular complexity index is 3180. The van der Waals surface area contributed by atoms with Gasteiger partial charge in [-0.25, -0.2) is 19.6 Å². The predicted octanol–water partition coefficient (Wildman–Crippen LogP) is 18.8. The summed E-state index contributed by atoms with van der Waals surface area (Å²) < 4.78 is 32.2. The molecule has 0 radical (unpaired) electrons. The first-order valence-corrected chi connectivity index (χ1v) is 43.1. The van der Waals surface area contributed by atoms with Crippen molar-refractivity contribution in [1.82, 2.24) is 19.9 Å². The van der Waals surface area contributed by atoms with Gasteiger partial charge in [0.05, 0.1) is 72.4 Å². The third-order valence-corrected chi connectivity index (χ3v) is 28.5. The second kappa shape index (κ2) is 43.0. The minimum Gasteiger partial charge on any atom is 2.00 e. The summed E-state index contributed by atoms with van der Waals surface area (Å²) in [6, 6.07) is 14.8. The van der Waals surface area contributed by atoms with Crippen molar-refractivity contribution in [3.05, 3.63) is 99.9 Å². The van der Waals surface area contributed by atoms with Crippen LogP contribution in [0.1, 0.15) is 199 Å². The molecule has 0 bridgehead atoms. The van der Waals surface area contributed by atoms with Gasteiger partial charge in [0.2, 0.25) is 11.8 Å². The Kier molecular flexibility index (Phi) is 36.3. The van der Waals surface area contributed by atoms with Gasteiger partial charge in [-0.15, -0.1) is 50.4 Å². The Balaban J connectivity index is 0.000000166. The smallest absolute Gasteiger partial charge is 2.00 e. The van der Waals surface area contributed by atoms with Crippen LogP contribution in [0.5, 0.6) is 23.3 Å². The molecule has 6 heterocycles. The number of rotatable bonds is 12. The van der Waals surface area contributed by atoms with E-state index >= 15 is 0 Å². The first kappa shape index (κ1) is 80.2. The van der Waals surface area contributed by atoms with E-state index in [4.69, 9.17) is 80.7 Å². The van der Waals surface area contributed by atoms with Crippen molar-refractivity contribution >= 4 is 127 Å². The Morgan fingerprint density at radius 1 is 0.600 bits per heavy atom. The maximum Gasteiger partial charge on any atom is 2.00 e. The molecule has 24 heteroatoms. The summed E-state index contributed by atoms with van der Waals surface area (Å²) in [7, 11) is 14.5. The first-order valence-electron chi connectivity index (χ1n) is 33.9. The first-order chi connectivity index (χ1) is 45.9. The van der Waals surface area contributed by atoms with Crippen molar-refractivity contribution in [3.63, 3.8) is 0 Å². The van der Waals surface area contributed by atoms with Gasteiger partial charge in [0.15, 0.2) is 0 Å². The van der Waals surface area contributed by atoms with Gasteiger partial charge in [0.25, 0.3) is 0 Å². The monoisotopic (exact) mass is 1670 g/mol. The van der Waals surface area contributed by atoms with Gasteiger partial charge in [-0.1, -0.05) is 121 Å². The van der Waals surface area contributed by atoms with Crippen molar-refractivity contribution in [1.29, 1.82) is 0 Å². The molecule has 2 atom stereocenters. The number of pyridine rings is 2. The van der Waals surface area contributed by atoms with Gasteiger partial charge in [0.1, 0.15) is 22.9 Å². The SMILES string of the molecule is COC(=O)c1[nH]c2ccc3c(c2c1-c1cccnc1OC)OCC3.COC(=O)c1[nH]c2ccc3c(c2c1I)OCC3.COc1ncccc1B(O)O.ClCCl.[CH-]1CCCC1P(C1CCCCC1)C1CCCCC1.[CH-]1CCCC1P(C1CCCCC1)C1CCCCC1.[Cl][Pd][Cl].[Fe+2]. The second-order valence-corrected chi connectivity index (χ2v) is 35.3. The number of carbonyl (C=O) groups excluding carboxylic acids is 2. The summed E-state index contributed by atoms with van der Waals surface area (Å²) in [6.07, 6.45) is 50.6. The average Bonchev–Trinajstić information content (AvgIpc) is 1.61. The predicted molar refractivity (Wildman–Crippen MR) is 394 cm³/mol. The topological polar surface area (TPSA) is 187 Å². The van der Waals surface area contributed by atoms with E-state index in [9.17, 15) is 9.59 Å². The number of fused-ring (bicyclic) bond motifs is 6. The molecule has 2 aliphatic heterocycles. The van der Waals surface area contributed by atoms with E-state index in [0.29, 0.717) is 51.9 Å². The normalized spacial score (nSPS) is 19.3. The molecule has 0 saturated heterocycles. The largest absolute Gasteiger partial charge is 2.00 e. The van der Waals surface area contributed by atoms with Crippen LogP contribution < -0.4 is 24.4 Å². The van der Waals surface area contributed by atoms with Gasteiger partial charge in [-0.05, 0) is 138 Å². The third-order valence-electron chi connectivity index (χ3n) is 19.5. The third kappa shape index (κ3) is 22.0. The summed E-state index contributed by atoms with van der Waals surface area (Å²) in [4.78, 5) is 38.2. The van der Waals surface area contributed by atoms with E-state index in [1.54, 1.807) is 135 Å². The summed E-state index contributed by atoms with van der Waals surface area (Å²) in [5, 5.41) is 19.6. The molecule has 95 heavy (non-hydrogen) atoms. The van der Waals surface area contributed by atoms with E-state index in [0.717, 1.165) is 94.8 Å². The molecular formula is C71H96BCl4FeIN4O10P2Pd. The van der Waals surface area contributed by atoms with Crippen molar-refractivity contribution in [2.45, 2.75) is 214 Å². The van der Waals surface area contributed by atoms with Crippen LogP contribution in [0.25, 0.3) is 32.9 Å². The fourth-order valence-corrected chi connectivity index (χ4v) is 25.2. The molecule has 4 aromatic heterocycles. The zero-order valence-electron chi connectivity index (χ0n) is 55.4. The molecule has 14 nitrogen and oxygen atoms in total. The van der Waals surface area contributed by atoms with Crippen molar-refractivity contribution in [2.24, 2.45) is 0 Å². The van der Waals surface area contributed by atoms with E-state index < -0.39 is 13.1 Å². The molecular weight excluding hydrogens is 1570 g/mol. The number of carbonyl (C=O) groups is 2. The van der Waals surface area contributed by atoms with Gasteiger partial charge >= 0.3 is 71.1 Å². The van der Waals surface area contributed by atoms with Crippen LogP contribution in [0, 0.1) is 16.4 Å². The second-order valence-electron chi connectivity index (χ2n) is 25.0. The number of aromatic amines is 2. The number of aromatic nitrogens is 4. The standard InChI is InChI=1S/C18H16N2O4.2C17H30P.C12H10INO3.C6H8BNO3.CH2Cl2.2ClH.Fe.Pd/c1-22-17-11(4-3-8-19-17)13-14-12(20-15(13)18(21)23-2)6-5-10-7-9-24-16(10)14;2*1-3-9-15(10-4-1)18(17-13-7-8-14-17)16-11-5-2-6-12-16;1-16-12(15)10-9(13)8-7(14-10)3-2-6-4-5-17-11(6)8;1-11-6-5(7(9)10)3-2-4-8-6;2-1-3;;;;/h3-6,8,20H,7,9H2,1-2H3;2*13,15-17H,1-12,14H2;2-3,14H,4-5H2,1H3;2-4,9-10H,1H3;1H2;2*1H;;/q;2*-1;;;;;;2*+2/p-2. The number of methoxy groups -OCH3 is 4. The molecule has 6 saturated carbocycles. The maximum absolute atomic E-state index is 12.3. The molecule has 6 fully saturated rings.